The third-order valence-corrected chi connectivity index (χ3v) is 3.87. The highest BCUT2D eigenvalue weighted by molar-refractivity contribution is 6.35. The lowest BCUT2D eigenvalue weighted by molar-refractivity contribution is 0.628. The van der Waals surface area contributed by atoms with Crippen molar-refractivity contribution in [2.24, 2.45) is 0 Å². The molecule has 0 aliphatic heterocycles. The van der Waals surface area contributed by atoms with Crippen LogP contribution in [0, 0.1) is 5.82 Å². The summed E-state index contributed by atoms with van der Waals surface area (Å²) in [5.74, 6) is -0.337. The minimum absolute atomic E-state index is 0.302. The number of benzene rings is 2. The maximum Gasteiger partial charge on any atom is 0.279 e. The number of hydrogen-bond acceptors (Lipinski definition) is 1. The van der Waals surface area contributed by atoms with E-state index < -0.39 is 0 Å². The molecule has 0 aliphatic rings. The van der Waals surface area contributed by atoms with E-state index in [9.17, 15) is 9.18 Å². The van der Waals surface area contributed by atoms with Gasteiger partial charge in [0.2, 0.25) is 0 Å². The summed E-state index contributed by atoms with van der Waals surface area (Å²) in [4.78, 5) is 12.6. The van der Waals surface area contributed by atoms with Crippen LogP contribution >= 0.6 is 23.2 Å². The molecule has 0 spiro atoms. The van der Waals surface area contributed by atoms with Gasteiger partial charge in [-0.2, -0.15) is 0 Å². The molecule has 116 valence electrons. The van der Waals surface area contributed by atoms with Crippen molar-refractivity contribution in [1.82, 2.24) is 9.78 Å². The van der Waals surface area contributed by atoms with Gasteiger partial charge in [-0.1, -0.05) is 41.9 Å². The zero-order valence-electron chi connectivity index (χ0n) is 11.8. The Labute approximate surface area is 140 Å². The lowest BCUT2D eigenvalue weighted by atomic mass is 10.2. The summed E-state index contributed by atoms with van der Waals surface area (Å²) in [6, 6.07) is 10.7. The van der Waals surface area contributed by atoms with E-state index in [4.69, 9.17) is 23.2 Å². The molecule has 23 heavy (non-hydrogen) atoms. The van der Waals surface area contributed by atoms with Crippen molar-refractivity contribution in [2.75, 3.05) is 0 Å². The largest absolute Gasteiger partial charge is 0.291 e. The Bertz CT molecular complexity index is 1040. The maximum absolute atomic E-state index is 13.0. The van der Waals surface area contributed by atoms with Crippen LogP contribution in [0.15, 0.2) is 47.3 Å². The molecule has 6 heteroatoms. The van der Waals surface area contributed by atoms with Crippen molar-refractivity contribution >= 4 is 35.9 Å². The highest BCUT2D eigenvalue weighted by Gasteiger charge is 2.09. The molecule has 0 radical (unpaired) electrons. The van der Waals surface area contributed by atoms with E-state index in [1.807, 2.05) is 0 Å². The average Bonchev–Trinajstić information content (AvgIpc) is 2.77. The van der Waals surface area contributed by atoms with Gasteiger partial charge < -0.3 is 0 Å². The standard InChI is InChI=1S/C17H11Cl2FN2O/c1-10-14(8-11-2-5-13(20)6-3-11)17(23)22(21-10)16-7-4-12(18)9-15(16)19/h2-9,21H,1H2. The molecule has 0 aliphatic carbocycles. The Balaban J connectivity index is 2.19. The first kappa shape index (κ1) is 15.6. The summed E-state index contributed by atoms with van der Waals surface area (Å²) in [6.45, 7) is 3.84. The number of nitrogens with zero attached hydrogens (tertiary/aromatic N) is 1. The van der Waals surface area contributed by atoms with Crippen molar-refractivity contribution in [1.29, 1.82) is 0 Å². The Hall–Kier alpha value is -2.30. The summed E-state index contributed by atoms with van der Waals surface area (Å²) in [6.07, 6.45) is 1.64. The van der Waals surface area contributed by atoms with Crippen molar-refractivity contribution in [3.8, 4) is 5.69 Å². The van der Waals surface area contributed by atoms with Gasteiger partial charge in [-0.3, -0.25) is 9.89 Å². The first-order valence-corrected chi connectivity index (χ1v) is 7.44. The molecule has 0 bridgehead atoms. The molecule has 3 rings (SSSR count). The minimum Gasteiger partial charge on any atom is -0.291 e. The number of hydrogen-bond donors (Lipinski definition) is 1. The number of H-pyrrole nitrogens is 1. The SMILES string of the molecule is C=c1[nH]n(-c2ccc(Cl)cc2Cl)c(=O)c1=Cc1ccc(F)cc1. The van der Waals surface area contributed by atoms with Gasteiger partial charge in [-0.15, -0.1) is 0 Å². The second kappa shape index (κ2) is 6.07. The lowest BCUT2D eigenvalue weighted by Gasteiger charge is -2.04. The van der Waals surface area contributed by atoms with E-state index in [1.54, 1.807) is 36.4 Å². The number of halogens is 3. The molecule has 0 fully saturated rings. The fourth-order valence-electron chi connectivity index (χ4n) is 2.20. The Kier molecular flexibility index (Phi) is 4.11. The van der Waals surface area contributed by atoms with Crippen LogP contribution in [-0.4, -0.2) is 9.78 Å². The summed E-state index contributed by atoms with van der Waals surface area (Å²) in [5.41, 5.74) is 0.870. The number of nitrogens with one attached hydrogen (secondary N) is 1. The summed E-state index contributed by atoms with van der Waals surface area (Å²) < 4.78 is 14.3. The van der Waals surface area contributed by atoms with Gasteiger partial charge in [-0.25, -0.2) is 9.07 Å². The first-order valence-electron chi connectivity index (χ1n) is 6.68. The van der Waals surface area contributed by atoms with Gasteiger partial charge in [0.15, 0.2) is 0 Å². The monoisotopic (exact) mass is 348 g/mol. The second-order valence-corrected chi connectivity index (χ2v) is 5.78. The summed E-state index contributed by atoms with van der Waals surface area (Å²) in [7, 11) is 0. The number of aromatic nitrogens is 2. The molecule has 1 aromatic heterocycles. The van der Waals surface area contributed by atoms with Gasteiger partial charge in [0, 0.05) is 5.02 Å². The number of aromatic amines is 1. The van der Waals surface area contributed by atoms with E-state index in [0.717, 1.165) is 0 Å². The molecule has 3 nitrogen and oxygen atoms in total. The van der Waals surface area contributed by atoms with Crippen LogP contribution in [0.25, 0.3) is 18.3 Å². The van der Waals surface area contributed by atoms with Crippen LogP contribution in [0.5, 0.6) is 0 Å². The smallest absolute Gasteiger partial charge is 0.279 e. The van der Waals surface area contributed by atoms with Gasteiger partial charge in [0.1, 0.15) is 5.82 Å². The van der Waals surface area contributed by atoms with E-state index in [2.05, 4.69) is 11.7 Å². The van der Waals surface area contributed by atoms with Crippen LogP contribution < -0.4 is 16.1 Å². The Morgan fingerprint density at radius 2 is 1.83 bits per heavy atom. The predicted molar refractivity (Wildman–Crippen MR) is 91.1 cm³/mol. The fraction of sp³-hybridized carbons (Fsp3) is 0. The van der Waals surface area contributed by atoms with Gasteiger partial charge in [0.05, 0.1) is 21.3 Å². The molecule has 3 aromatic rings. The highest BCUT2D eigenvalue weighted by atomic mass is 35.5. The molecule has 2 aromatic carbocycles. The molecule has 0 atom stereocenters. The van der Waals surface area contributed by atoms with Gasteiger partial charge in [-0.05, 0) is 42.0 Å². The Morgan fingerprint density at radius 1 is 1.13 bits per heavy atom. The van der Waals surface area contributed by atoms with E-state index >= 15 is 0 Å². The van der Waals surface area contributed by atoms with Gasteiger partial charge >= 0.3 is 0 Å². The zero-order chi connectivity index (χ0) is 16.6. The van der Waals surface area contributed by atoms with E-state index in [1.165, 1.54) is 16.8 Å². The summed E-state index contributed by atoms with van der Waals surface area (Å²) >= 11 is 12.0. The minimum atomic E-state index is -0.337. The third kappa shape index (κ3) is 3.09. The Morgan fingerprint density at radius 3 is 2.48 bits per heavy atom. The molecule has 0 saturated carbocycles. The predicted octanol–water partition coefficient (Wildman–Crippen LogP) is 2.85. The second-order valence-electron chi connectivity index (χ2n) is 4.94. The third-order valence-electron chi connectivity index (χ3n) is 3.34. The van der Waals surface area contributed by atoms with Crippen molar-refractivity contribution in [3.05, 3.63) is 84.8 Å². The van der Waals surface area contributed by atoms with Crippen molar-refractivity contribution in [3.63, 3.8) is 0 Å². The fourth-order valence-corrected chi connectivity index (χ4v) is 2.70. The van der Waals surface area contributed by atoms with Crippen LogP contribution in [0.2, 0.25) is 10.0 Å². The number of rotatable bonds is 2. The van der Waals surface area contributed by atoms with Gasteiger partial charge in [0.25, 0.3) is 5.56 Å². The topological polar surface area (TPSA) is 37.8 Å². The molecule has 0 saturated heterocycles. The normalized spacial score (nSPS) is 11.9. The van der Waals surface area contributed by atoms with Crippen molar-refractivity contribution < 1.29 is 4.39 Å². The molecule has 1 N–H and O–H groups in total. The van der Waals surface area contributed by atoms with E-state index in [0.29, 0.717) is 31.9 Å². The first-order chi connectivity index (χ1) is 11.0. The molecular weight excluding hydrogens is 338 g/mol. The van der Waals surface area contributed by atoms with Crippen LogP contribution in [0.3, 0.4) is 0 Å². The highest BCUT2D eigenvalue weighted by Crippen LogP contribution is 2.22. The lowest BCUT2D eigenvalue weighted by Crippen LogP contribution is -2.34. The van der Waals surface area contributed by atoms with E-state index in [-0.39, 0.29) is 11.4 Å². The zero-order valence-corrected chi connectivity index (χ0v) is 13.3. The summed E-state index contributed by atoms with van der Waals surface area (Å²) in [5, 5.41) is 4.51. The molecule has 0 unspecified atom stereocenters. The average molecular weight is 349 g/mol. The molecular formula is C17H11Cl2FN2O. The molecule has 1 heterocycles. The quantitative estimate of drug-likeness (QED) is 0.759. The van der Waals surface area contributed by atoms with Crippen LogP contribution in [0.1, 0.15) is 5.56 Å². The maximum atomic E-state index is 13.0. The van der Waals surface area contributed by atoms with Crippen molar-refractivity contribution in [2.45, 2.75) is 0 Å². The molecule has 0 amide bonds. The van der Waals surface area contributed by atoms with Crippen LogP contribution in [-0.2, 0) is 0 Å². The van der Waals surface area contributed by atoms with Crippen LogP contribution in [0.4, 0.5) is 4.39 Å².